The summed E-state index contributed by atoms with van der Waals surface area (Å²) in [6, 6.07) is 8.38. The largest absolute Gasteiger partial charge is 0.381 e. The fourth-order valence-electron chi connectivity index (χ4n) is 2.82. The molecule has 2 N–H and O–H groups in total. The Bertz CT molecular complexity index is 455. The number of fused-ring (bicyclic) bond motifs is 1. The molecule has 2 aliphatic heterocycles. The first-order valence-electron chi connectivity index (χ1n) is 7.05. The van der Waals surface area contributed by atoms with E-state index in [1.165, 1.54) is 5.56 Å². The van der Waals surface area contributed by atoms with Gasteiger partial charge in [0.1, 0.15) is 0 Å². The van der Waals surface area contributed by atoms with Gasteiger partial charge in [-0.2, -0.15) is 0 Å². The Morgan fingerprint density at radius 1 is 1.16 bits per heavy atom. The van der Waals surface area contributed by atoms with Crippen molar-refractivity contribution >= 4 is 11.6 Å². The van der Waals surface area contributed by atoms with Crippen molar-refractivity contribution in [3.8, 4) is 0 Å². The zero-order valence-corrected chi connectivity index (χ0v) is 11.0. The van der Waals surface area contributed by atoms with Crippen LogP contribution in [0, 0.1) is 0 Å². The molecule has 1 amide bonds. The first-order chi connectivity index (χ1) is 9.33. The van der Waals surface area contributed by atoms with Crippen molar-refractivity contribution in [3.63, 3.8) is 0 Å². The Morgan fingerprint density at radius 2 is 1.95 bits per heavy atom. The van der Waals surface area contributed by atoms with Crippen LogP contribution in [0.3, 0.4) is 0 Å². The maximum Gasteiger partial charge on any atom is 0.241 e. The SMILES string of the molecule is O=C1Nc2ccccc2CCC1NC1CCOCC1. The third-order valence-corrected chi connectivity index (χ3v) is 3.95. The molecule has 0 saturated carbocycles. The van der Waals surface area contributed by atoms with Gasteiger partial charge < -0.3 is 15.4 Å². The van der Waals surface area contributed by atoms with E-state index < -0.39 is 0 Å². The Morgan fingerprint density at radius 3 is 2.79 bits per heavy atom. The Labute approximate surface area is 113 Å². The monoisotopic (exact) mass is 260 g/mol. The van der Waals surface area contributed by atoms with Gasteiger partial charge in [0.2, 0.25) is 5.91 Å². The molecule has 0 spiro atoms. The highest BCUT2D eigenvalue weighted by Crippen LogP contribution is 2.22. The molecule has 4 heteroatoms. The van der Waals surface area contributed by atoms with Crippen molar-refractivity contribution in [1.29, 1.82) is 0 Å². The second-order valence-corrected chi connectivity index (χ2v) is 5.29. The quantitative estimate of drug-likeness (QED) is 0.851. The van der Waals surface area contributed by atoms with Gasteiger partial charge in [-0.25, -0.2) is 0 Å². The minimum absolute atomic E-state index is 0.0875. The van der Waals surface area contributed by atoms with Gasteiger partial charge in [-0.1, -0.05) is 18.2 Å². The number of benzene rings is 1. The van der Waals surface area contributed by atoms with Gasteiger partial charge in [0.25, 0.3) is 0 Å². The molecule has 19 heavy (non-hydrogen) atoms. The van der Waals surface area contributed by atoms with E-state index in [1.54, 1.807) is 0 Å². The average molecular weight is 260 g/mol. The van der Waals surface area contributed by atoms with E-state index in [2.05, 4.69) is 16.7 Å². The van der Waals surface area contributed by atoms with Crippen molar-refractivity contribution in [1.82, 2.24) is 5.32 Å². The molecule has 2 aliphatic rings. The van der Waals surface area contributed by atoms with Crippen LogP contribution in [0.4, 0.5) is 5.69 Å². The van der Waals surface area contributed by atoms with Crippen LogP contribution in [-0.4, -0.2) is 31.2 Å². The number of anilines is 1. The molecule has 3 rings (SSSR count). The molecular weight excluding hydrogens is 240 g/mol. The maximum atomic E-state index is 12.2. The molecule has 1 atom stereocenters. The minimum atomic E-state index is -0.0875. The molecule has 1 aromatic rings. The van der Waals surface area contributed by atoms with Crippen molar-refractivity contribution < 1.29 is 9.53 Å². The summed E-state index contributed by atoms with van der Waals surface area (Å²) in [5, 5.41) is 6.52. The highest BCUT2D eigenvalue weighted by atomic mass is 16.5. The summed E-state index contributed by atoms with van der Waals surface area (Å²) in [6.07, 6.45) is 3.80. The number of carbonyl (C=O) groups excluding carboxylic acids is 1. The molecule has 0 radical (unpaired) electrons. The van der Waals surface area contributed by atoms with Crippen molar-refractivity contribution in [3.05, 3.63) is 29.8 Å². The first-order valence-corrected chi connectivity index (χ1v) is 7.05. The summed E-state index contributed by atoms with van der Waals surface area (Å²) in [5.41, 5.74) is 2.19. The molecule has 4 nitrogen and oxygen atoms in total. The lowest BCUT2D eigenvalue weighted by atomic mass is 10.0. The molecule has 102 valence electrons. The van der Waals surface area contributed by atoms with Crippen LogP contribution in [-0.2, 0) is 16.0 Å². The normalized spacial score (nSPS) is 24.4. The van der Waals surface area contributed by atoms with Crippen molar-refractivity contribution in [2.75, 3.05) is 18.5 Å². The number of amides is 1. The lowest BCUT2D eigenvalue weighted by Gasteiger charge is -2.27. The molecule has 0 aliphatic carbocycles. The summed E-state index contributed by atoms with van der Waals surface area (Å²) in [4.78, 5) is 12.2. The lowest BCUT2D eigenvalue weighted by molar-refractivity contribution is -0.118. The van der Waals surface area contributed by atoms with E-state index >= 15 is 0 Å². The Balaban J connectivity index is 1.66. The molecule has 0 aromatic heterocycles. The van der Waals surface area contributed by atoms with Gasteiger partial charge in [0.05, 0.1) is 6.04 Å². The number of nitrogens with one attached hydrogen (secondary N) is 2. The number of ether oxygens (including phenoxy) is 1. The van der Waals surface area contributed by atoms with Crippen LogP contribution in [0.25, 0.3) is 0 Å². The van der Waals surface area contributed by atoms with Crippen LogP contribution < -0.4 is 10.6 Å². The zero-order valence-electron chi connectivity index (χ0n) is 11.0. The molecule has 1 aromatic carbocycles. The van der Waals surface area contributed by atoms with Crippen molar-refractivity contribution in [2.24, 2.45) is 0 Å². The molecule has 1 unspecified atom stereocenters. The lowest BCUT2D eigenvalue weighted by Crippen LogP contribution is -2.47. The fourth-order valence-corrected chi connectivity index (χ4v) is 2.82. The van der Waals surface area contributed by atoms with Gasteiger partial charge in [-0.15, -0.1) is 0 Å². The first kappa shape index (κ1) is 12.6. The number of rotatable bonds is 2. The second kappa shape index (κ2) is 5.72. The molecule has 2 heterocycles. The minimum Gasteiger partial charge on any atom is -0.381 e. The van der Waals surface area contributed by atoms with Crippen LogP contribution in [0.15, 0.2) is 24.3 Å². The van der Waals surface area contributed by atoms with E-state index in [4.69, 9.17) is 4.74 Å². The predicted octanol–water partition coefficient (Wildman–Crippen LogP) is 1.71. The third-order valence-electron chi connectivity index (χ3n) is 3.95. The smallest absolute Gasteiger partial charge is 0.241 e. The molecular formula is C15H20N2O2. The van der Waals surface area contributed by atoms with Crippen LogP contribution in [0.1, 0.15) is 24.8 Å². The predicted molar refractivity (Wildman–Crippen MR) is 74.2 cm³/mol. The average Bonchev–Trinajstić information content (AvgIpc) is 2.60. The van der Waals surface area contributed by atoms with Crippen LogP contribution in [0.2, 0.25) is 0 Å². The number of hydrogen-bond acceptors (Lipinski definition) is 3. The van der Waals surface area contributed by atoms with Gasteiger partial charge in [-0.05, 0) is 37.3 Å². The Kier molecular flexibility index (Phi) is 3.80. The van der Waals surface area contributed by atoms with E-state index in [1.807, 2.05) is 18.2 Å². The standard InChI is InChI=1S/C15H20N2O2/c18-15-14(16-12-7-9-19-10-8-12)6-5-11-3-1-2-4-13(11)17-15/h1-4,12,14,16H,5-10H2,(H,17,18). The number of para-hydroxylation sites is 1. The number of hydrogen-bond donors (Lipinski definition) is 2. The summed E-state index contributed by atoms with van der Waals surface area (Å²) in [6.45, 7) is 1.60. The van der Waals surface area contributed by atoms with E-state index in [9.17, 15) is 4.79 Å². The number of aryl methyl sites for hydroxylation is 1. The molecule has 1 saturated heterocycles. The molecule has 1 fully saturated rings. The van der Waals surface area contributed by atoms with Gasteiger partial charge in [-0.3, -0.25) is 4.79 Å². The van der Waals surface area contributed by atoms with Gasteiger partial charge in [0, 0.05) is 24.9 Å². The summed E-state index contributed by atoms with van der Waals surface area (Å²) in [5.74, 6) is 0.0939. The van der Waals surface area contributed by atoms with Gasteiger partial charge >= 0.3 is 0 Å². The van der Waals surface area contributed by atoms with Crippen LogP contribution >= 0.6 is 0 Å². The summed E-state index contributed by atoms with van der Waals surface area (Å²) < 4.78 is 5.35. The highest BCUT2D eigenvalue weighted by molar-refractivity contribution is 5.96. The van der Waals surface area contributed by atoms with E-state index in [-0.39, 0.29) is 11.9 Å². The van der Waals surface area contributed by atoms with Crippen LogP contribution in [0.5, 0.6) is 0 Å². The second-order valence-electron chi connectivity index (χ2n) is 5.29. The topological polar surface area (TPSA) is 50.4 Å². The highest BCUT2D eigenvalue weighted by Gasteiger charge is 2.26. The summed E-state index contributed by atoms with van der Waals surface area (Å²) >= 11 is 0. The zero-order chi connectivity index (χ0) is 13.1. The fraction of sp³-hybridized carbons (Fsp3) is 0.533. The van der Waals surface area contributed by atoms with E-state index in [0.29, 0.717) is 6.04 Å². The summed E-state index contributed by atoms with van der Waals surface area (Å²) in [7, 11) is 0. The molecule has 0 bridgehead atoms. The maximum absolute atomic E-state index is 12.2. The Hall–Kier alpha value is -1.39. The van der Waals surface area contributed by atoms with Gasteiger partial charge in [0.15, 0.2) is 0 Å². The van der Waals surface area contributed by atoms with E-state index in [0.717, 1.165) is 44.6 Å². The third kappa shape index (κ3) is 2.96. The van der Waals surface area contributed by atoms with Crippen molar-refractivity contribution in [2.45, 2.75) is 37.8 Å². The number of carbonyl (C=O) groups is 1.